The molecular formula is C23H20BrNO2. The van der Waals surface area contributed by atoms with Gasteiger partial charge in [0.25, 0.3) is 0 Å². The summed E-state index contributed by atoms with van der Waals surface area (Å²) in [5, 5.41) is 2.89. The molecule has 0 aliphatic heterocycles. The highest BCUT2D eigenvalue weighted by atomic mass is 79.9. The van der Waals surface area contributed by atoms with E-state index in [1.54, 1.807) is 6.08 Å². The average Bonchev–Trinajstić information content (AvgIpc) is 2.68. The Labute approximate surface area is 167 Å². The fourth-order valence-electron chi connectivity index (χ4n) is 2.53. The minimum atomic E-state index is -0.162. The quantitative estimate of drug-likeness (QED) is 0.496. The molecule has 0 saturated heterocycles. The summed E-state index contributed by atoms with van der Waals surface area (Å²) in [5.74, 6) is 0.635. The molecule has 0 unspecified atom stereocenters. The van der Waals surface area contributed by atoms with E-state index in [9.17, 15) is 4.79 Å². The van der Waals surface area contributed by atoms with Gasteiger partial charge in [-0.1, -0.05) is 58.4 Å². The van der Waals surface area contributed by atoms with Gasteiger partial charge in [-0.2, -0.15) is 0 Å². The first-order valence-electron chi connectivity index (χ1n) is 8.62. The van der Waals surface area contributed by atoms with Crippen molar-refractivity contribution in [3.63, 3.8) is 0 Å². The van der Waals surface area contributed by atoms with Crippen LogP contribution in [0.25, 0.3) is 6.08 Å². The number of hydrogen-bond acceptors (Lipinski definition) is 2. The lowest BCUT2D eigenvalue weighted by atomic mass is 10.2. The Kier molecular flexibility index (Phi) is 6.44. The number of benzene rings is 3. The monoisotopic (exact) mass is 421 g/mol. The van der Waals surface area contributed by atoms with E-state index in [1.165, 1.54) is 6.08 Å². The third kappa shape index (κ3) is 5.83. The SMILES string of the molecule is Cc1cc(Br)ccc1NC(=O)/C=C/c1ccc(OCc2ccccc2)cc1. The first-order valence-corrected chi connectivity index (χ1v) is 9.41. The minimum absolute atomic E-state index is 0.162. The van der Waals surface area contributed by atoms with Crippen LogP contribution >= 0.6 is 15.9 Å². The summed E-state index contributed by atoms with van der Waals surface area (Å²) in [6.45, 7) is 2.49. The highest BCUT2D eigenvalue weighted by Crippen LogP contribution is 2.20. The number of halogens is 1. The summed E-state index contributed by atoms with van der Waals surface area (Å²) in [7, 11) is 0. The van der Waals surface area contributed by atoms with E-state index in [-0.39, 0.29) is 5.91 Å². The summed E-state index contributed by atoms with van der Waals surface area (Å²) < 4.78 is 6.76. The molecule has 3 aromatic rings. The molecule has 1 amide bonds. The maximum atomic E-state index is 12.1. The smallest absolute Gasteiger partial charge is 0.248 e. The molecule has 0 saturated carbocycles. The Bertz CT molecular complexity index is 934. The first kappa shape index (κ1) is 18.9. The van der Waals surface area contributed by atoms with Gasteiger partial charge in [-0.25, -0.2) is 0 Å². The van der Waals surface area contributed by atoms with Crippen molar-refractivity contribution in [1.29, 1.82) is 0 Å². The Hall–Kier alpha value is -2.85. The summed E-state index contributed by atoms with van der Waals surface area (Å²) in [6.07, 6.45) is 3.31. The minimum Gasteiger partial charge on any atom is -0.489 e. The number of amides is 1. The number of rotatable bonds is 6. The van der Waals surface area contributed by atoms with E-state index in [2.05, 4.69) is 21.2 Å². The predicted molar refractivity (Wildman–Crippen MR) is 114 cm³/mol. The number of nitrogens with one attached hydrogen (secondary N) is 1. The van der Waals surface area contributed by atoms with Crippen molar-refractivity contribution in [3.8, 4) is 5.75 Å². The number of ether oxygens (including phenoxy) is 1. The van der Waals surface area contributed by atoms with Gasteiger partial charge >= 0.3 is 0 Å². The molecule has 0 fully saturated rings. The molecule has 27 heavy (non-hydrogen) atoms. The summed E-state index contributed by atoms with van der Waals surface area (Å²) in [5.41, 5.74) is 3.87. The third-order valence-corrected chi connectivity index (χ3v) is 4.50. The molecule has 0 bridgehead atoms. The molecule has 4 heteroatoms. The molecule has 0 aliphatic rings. The molecular weight excluding hydrogens is 402 g/mol. The molecule has 0 heterocycles. The van der Waals surface area contributed by atoms with Crippen molar-refractivity contribution in [2.45, 2.75) is 13.5 Å². The van der Waals surface area contributed by atoms with E-state index < -0.39 is 0 Å². The lowest BCUT2D eigenvalue weighted by Crippen LogP contribution is -2.08. The highest BCUT2D eigenvalue weighted by molar-refractivity contribution is 9.10. The van der Waals surface area contributed by atoms with Gasteiger partial charge in [-0.15, -0.1) is 0 Å². The standard InChI is InChI=1S/C23H20BrNO2/c1-17-15-20(24)10-13-22(17)25-23(26)14-9-18-7-11-21(12-8-18)27-16-19-5-3-2-4-6-19/h2-15H,16H2,1H3,(H,25,26)/b14-9+. The predicted octanol–water partition coefficient (Wildman–Crippen LogP) is 5.99. The highest BCUT2D eigenvalue weighted by Gasteiger charge is 2.02. The lowest BCUT2D eigenvalue weighted by molar-refractivity contribution is -0.111. The van der Waals surface area contributed by atoms with Crippen LogP contribution in [0.2, 0.25) is 0 Å². The maximum absolute atomic E-state index is 12.1. The average molecular weight is 422 g/mol. The fourth-order valence-corrected chi connectivity index (χ4v) is 3.01. The van der Waals surface area contributed by atoms with Crippen LogP contribution < -0.4 is 10.1 Å². The van der Waals surface area contributed by atoms with Crippen LogP contribution in [0, 0.1) is 6.92 Å². The van der Waals surface area contributed by atoms with E-state index in [4.69, 9.17) is 4.74 Å². The number of carbonyl (C=O) groups excluding carboxylic acids is 1. The number of aryl methyl sites for hydroxylation is 1. The van der Waals surface area contributed by atoms with Crippen molar-refractivity contribution in [1.82, 2.24) is 0 Å². The van der Waals surface area contributed by atoms with E-state index in [0.717, 1.165) is 32.6 Å². The second-order valence-corrected chi connectivity index (χ2v) is 7.04. The second kappa shape index (κ2) is 9.19. The first-order chi connectivity index (χ1) is 13.1. The number of anilines is 1. The van der Waals surface area contributed by atoms with E-state index in [1.807, 2.05) is 79.7 Å². The van der Waals surface area contributed by atoms with Crippen LogP contribution in [0.5, 0.6) is 5.75 Å². The van der Waals surface area contributed by atoms with Crippen LogP contribution in [-0.4, -0.2) is 5.91 Å². The Morgan fingerprint density at radius 2 is 1.78 bits per heavy atom. The fraction of sp³-hybridized carbons (Fsp3) is 0.0870. The van der Waals surface area contributed by atoms with Crippen molar-refractivity contribution in [2.75, 3.05) is 5.32 Å². The molecule has 0 aliphatic carbocycles. The molecule has 3 rings (SSSR count). The van der Waals surface area contributed by atoms with E-state index in [0.29, 0.717) is 6.61 Å². The zero-order chi connectivity index (χ0) is 19.1. The molecule has 0 spiro atoms. The lowest BCUT2D eigenvalue weighted by Gasteiger charge is -2.07. The van der Waals surface area contributed by atoms with Crippen LogP contribution in [0.1, 0.15) is 16.7 Å². The Balaban J connectivity index is 1.54. The normalized spacial score (nSPS) is 10.7. The zero-order valence-corrected chi connectivity index (χ0v) is 16.6. The topological polar surface area (TPSA) is 38.3 Å². The van der Waals surface area contributed by atoms with Crippen molar-refractivity contribution < 1.29 is 9.53 Å². The maximum Gasteiger partial charge on any atom is 0.248 e. The van der Waals surface area contributed by atoms with Crippen LogP contribution in [0.3, 0.4) is 0 Å². The summed E-state index contributed by atoms with van der Waals surface area (Å²) in [4.78, 5) is 12.1. The molecule has 0 radical (unpaired) electrons. The zero-order valence-electron chi connectivity index (χ0n) is 15.0. The molecule has 3 aromatic carbocycles. The van der Waals surface area contributed by atoms with Gasteiger partial charge in [0.1, 0.15) is 12.4 Å². The van der Waals surface area contributed by atoms with Gasteiger partial charge in [0.2, 0.25) is 5.91 Å². The summed E-state index contributed by atoms with van der Waals surface area (Å²) in [6, 6.07) is 23.4. The van der Waals surface area contributed by atoms with Gasteiger partial charge in [-0.3, -0.25) is 4.79 Å². The molecule has 136 valence electrons. The second-order valence-electron chi connectivity index (χ2n) is 6.13. The number of carbonyl (C=O) groups is 1. The van der Waals surface area contributed by atoms with Gasteiger partial charge in [0, 0.05) is 16.2 Å². The Morgan fingerprint density at radius 3 is 2.48 bits per heavy atom. The van der Waals surface area contributed by atoms with Crippen molar-refractivity contribution in [3.05, 3.63) is 100 Å². The van der Waals surface area contributed by atoms with E-state index >= 15 is 0 Å². The van der Waals surface area contributed by atoms with Gasteiger partial charge < -0.3 is 10.1 Å². The third-order valence-electron chi connectivity index (χ3n) is 4.00. The molecule has 3 nitrogen and oxygen atoms in total. The number of hydrogen-bond donors (Lipinski definition) is 1. The van der Waals surface area contributed by atoms with Gasteiger partial charge in [0.15, 0.2) is 0 Å². The van der Waals surface area contributed by atoms with Gasteiger partial charge in [-0.05, 0) is 60.0 Å². The van der Waals surface area contributed by atoms with Crippen molar-refractivity contribution >= 4 is 33.6 Å². The van der Waals surface area contributed by atoms with Crippen LogP contribution in [0.15, 0.2) is 83.3 Å². The largest absolute Gasteiger partial charge is 0.489 e. The summed E-state index contributed by atoms with van der Waals surface area (Å²) >= 11 is 3.42. The van der Waals surface area contributed by atoms with Gasteiger partial charge in [0.05, 0.1) is 0 Å². The molecule has 0 aromatic heterocycles. The molecule has 1 N–H and O–H groups in total. The van der Waals surface area contributed by atoms with Crippen LogP contribution in [-0.2, 0) is 11.4 Å². The molecule has 0 atom stereocenters. The Morgan fingerprint density at radius 1 is 1.04 bits per heavy atom. The van der Waals surface area contributed by atoms with Crippen molar-refractivity contribution in [2.24, 2.45) is 0 Å². The van der Waals surface area contributed by atoms with Crippen LogP contribution in [0.4, 0.5) is 5.69 Å².